The normalized spacial score (nSPS) is 12.3. The van der Waals surface area contributed by atoms with E-state index >= 15 is 0 Å². The molecule has 7 nitrogen and oxygen atoms in total. The van der Waals surface area contributed by atoms with Gasteiger partial charge in [0.1, 0.15) is 11.6 Å². The van der Waals surface area contributed by atoms with Crippen molar-refractivity contribution in [2.75, 3.05) is 6.54 Å². The van der Waals surface area contributed by atoms with Crippen LogP contribution in [-0.4, -0.2) is 33.4 Å². The van der Waals surface area contributed by atoms with Gasteiger partial charge in [-0.15, -0.1) is 40.8 Å². The molecule has 0 spiro atoms. The summed E-state index contributed by atoms with van der Waals surface area (Å²) < 4.78 is 8.21. The van der Waals surface area contributed by atoms with E-state index < -0.39 is 0 Å². The van der Waals surface area contributed by atoms with Crippen LogP contribution in [0.2, 0.25) is 0 Å². The predicted octanol–water partition coefficient (Wildman–Crippen LogP) is 4.28. The van der Waals surface area contributed by atoms with Gasteiger partial charge in [-0.25, -0.2) is 4.99 Å². The molecule has 31 heavy (non-hydrogen) atoms. The van der Waals surface area contributed by atoms with Gasteiger partial charge in [0.05, 0.1) is 19.2 Å². The average Bonchev–Trinajstić information content (AvgIpc) is 3.00. The second-order valence-electron chi connectivity index (χ2n) is 8.08. The number of nitrogens with one attached hydrogen (secondary N) is 2. The maximum Gasteiger partial charge on any atom is 0.192 e. The van der Waals surface area contributed by atoms with E-state index in [1.807, 2.05) is 18.5 Å². The monoisotopic (exact) mass is 540 g/mol. The fourth-order valence-corrected chi connectivity index (χ4v) is 3.11. The molecule has 0 aliphatic carbocycles. The van der Waals surface area contributed by atoms with Crippen LogP contribution >= 0.6 is 24.0 Å². The van der Waals surface area contributed by atoms with Crippen molar-refractivity contribution in [3.8, 4) is 5.75 Å². The van der Waals surface area contributed by atoms with Crippen LogP contribution in [0.5, 0.6) is 5.75 Å². The molecule has 1 unspecified atom stereocenters. The van der Waals surface area contributed by atoms with Crippen LogP contribution in [-0.2, 0) is 20.1 Å². The van der Waals surface area contributed by atoms with Crippen LogP contribution in [0.3, 0.4) is 0 Å². The number of aromatic nitrogens is 3. The summed E-state index contributed by atoms with van der Waals surface area (Å²) in [5.74, 6) is 3.91. The van der Waals surface area contributed by atoms with Crippen LogP contribution < -0.4 is 15.4 Å². The largest absolute Gasteiger partial charge is 0.490 e. The van der Waals surface area contributed by atoms with Gasteiger partial charge in [-0.3, -0.25) is 0 Å². The molecule has 0 radical (unpaired) electrons. The maximum absolute atomic E-state index is 6.25. The van der Waals surface area contributed by atoms with E-state index in [0.29, 0.717) is 31.5 Å². The predicted molar refractivity (Wildman–Crippen MR) is 138 cm³/mol. The number of hydrogen-bond donors (Lipinski definition) is 2. The lowest BCUT2D eigenvalue weighted by Crippen LogP contribution is -2.37. The van der Waals surface area contributed by atoms with Crippen LogP contribution in [0.1, 0.15) is 50.0 Å². The number of halogens is 1. The Hall–Kier alpha value is -2.10. The van der Waals surface area contributed by atoms with Crippen molar-refractivity contribution in [3.63, 3.8) is 0 Å². The minimum absolute atomic E-state index is 0. The Morgan fingerprint density at radius 2 is 1.97 bits per heavy atom. The van der Waals surface area contributed by atoms with E-state index in [4.69, 9.17) is 9.73 Å². The van der Waals surface area contributed by atoms with Gasteiger partial charge in [-0.05, 0) is 44.7 Å². The Morgan fingerprint density at radius 3 is 2.58 bits per heavy atom. The number of aryl methyl sites for hydroxylation is 2. The lowest BCUT2D eigenvalue weighted by Gasteiger charge is -2.19. The molecule has 1 aromatic carbocycles. The second kappa shape index (κ2) is 13.3. The lowest BCUT2D eigenvalue weighted by molar-refractivity contribution is 0.191. The first-order valence-corrected chi connectivity index (χ1v) is 10.5. The van der Waals surface area contributed by atoms with Crippen molar-refractivity contribution in [2.24, 2.45) is 18.0 Å². The first-order chi connectivity index (χ1) is 14.3. The zero-order valence-corrected chi connectivity index (χ0v) is 21.9. The third-order valence-corrected chi connectivity index (χ3v) is 4.77. The third-order valence-electron chi connectivity index (χ3n) is 4.77. The number of aliphatic imine (C=N–C) groups is 1. The first kappa shape index (κ1) is 26.9. The van der Waals surface area contributed by atoms with Gasteiger partial charge in [0, 0.05) is 19.2 Å². The van der Waals surface area contributed by atoms with Crippen molar-refractivity contribution < 1.29 is 4.74 Å². The molecule has 172 valence electrons. The minimum atomic E-state index is 0. The summed E-state index contributed by atoms with van der Waals surface area (Å²) in [6.07, 6.45) is 2.98. The Labute approximate surface area is 203 Å². The molecule has 2 rings (SSSR count). The summed E-state index contributed by atoms with van der Waals surface area (Å²) in [5.41, 5.74) is 2.24. The number of ether oxygens (including phenoxy) is 1. The standard InChI is InChI=1S/C23H36N6O.HI/c1-8-11-24-23(26-15-22-28-27-19(6)29(22)7)25-14-20-10-9-17(4)13-21(20)30-18(5)12-16(2)3;/h8-10,13,16,18H,1,11-12,14-15H2,2-7H3,(H2,24,25,26);1H. The molecule has 0 aliphatic heterocycles. The van der Waals surface area contributed by atoms with Gasteiger partial charge in [-0.2, -0.15) is 0 Å². The van der Waals surface area contributed by atoms with E-state index in [2.05, 4.69) is 73.3 Å². The Kier molecular flexibility index (Phi) is 11.6. The molecule has 0 fully saturated rings. The van der Waals surface area contributed by atoms with Crippen molar-refractivity contribution in [3.05, 3.63) is 53.6 Å². The molecule has 0 saturated carbocycles. The molecule has 0 saturated heterocycles. The fourth-order valence-electron chi connectivity index (χ4n) is 3.11. The van der Waals surface area contributed by atoms with Gasteiger partial charge in [-0.1, -0.05) is 32.1 Å². The summed E-state index contributed by atoms with van der Waals surface area (Å²) in [6, 6.07) is 6.28. The SMILES string of the molecule is C=CCNC(=NCc1ccc(C)cc1OC(C)CC(C)C)NCc1nnc(C)n1C.I. The van der Waals surface area contributed by atoms with Gasteiger partial charge in [0.25, 0.3) is 0 Å². The summed E-state index contributed by atoms with van der Waals surface area (Å²) in [4.78, 5) is 4.75. The lowest BCUT2D eigenvalue weighted by atomic mass is 10.1. The van der Waals surface area contributed by atoms with E-state index in [1.54, 1.807) is 6.08 Å². The topological polar surface area (TPSA) is 76.4 Å². The highest BCUT2D eigenvalue weighted by Gasteiger charge is 2.11. The van der Waals surface area contributed by atoms with E-state index in [9.17, 15) is 0 Å². The Bertz CT molecular complexity index is 862. The highest BCUT2D eigenvalue weighted by molar-refractivity contribution is 14.0. The van der Waals surface area contributed by atoms with Crippen LogP contribution in [0.25, 0.3) is 0 Å². The zero-order chi connectivity index (χ0) is 22.1. The second-order valence-corrected chi connectivity index (χ2v) is 8.08. The van der Waals surface area contributed by atoms with Crippen LogP contribution in [0.4, 0.5) is 0 Å². The van der Waals surface area contributed by atoms with Gasteiger partial charge in [0.2, 0.25) is 0 Å². The minimum Gasteiger partial charge on any atom is -0.490 e. The van der Waals surface area contributed by atoms with Crippen molar-refractivity contribution in [1.29, 1.82) is 0 Å². The van der Waals surface area contributed by atoms with Crippen molar-refractivity contribution >= 4 is 29.9 Å². The molecule has 2 aromatic rings. The van der Waals surface area contributed by atoms with Crippen molar-refractivity contribution in [1.82, 2.24) is 25.4 Å². The quantitative estimate of drug-likeness (QED) is 0.204. The Morgan fingerprint density at radius 1 is 1.23 bits per heavy atom. The molecule has 0 amide bonds. The number of guanidine groups is 1. The number of rotatable bonds is 10. The average molecular weight is 540 g/mol. The molecule has 0 aliphatic rings. The van der Waals surface area contributed by atoms with E-state index in [0.717, 1.165) is 29.4 Å². The van der Waals surface area contributed by atoms with Gasteiger partial charge >= 0.3 is 0 Å². The molecule has 1 heterocycles. The Balaban J connectivity index is 0.00000480. The van der Waals surface area contributed by atoms with Crippen LogP contribution in [0, 0.1) is 19.8 Å². The van der Waals surface area contributed by atoms with E-state index in [-0.39, 0.29) is 30.1 Å². The highest BCUT2D eigenvalue weighted by atomic mass is 127. The third kappa shape index (κ3) is 8.88. The number of nitrogens with zero attached hydrogens (tertiary/aromatic N) is 4. The molecule has 1 atom stereocenters. The summed E-state index contributed by atoms with van der Waals surface area (Å²) >= 11 is 0. The molecule has 0 bridgehead atoms. The summed E-state index contributed by atoms with van der Waals surface area (Å²) in [7, 11) is 1.95. The molecular weight excluding hydrogens is 503 g/mol. The van der Waals surface area contributed by atoms with Gasteiger partial charge < -0.3 is 19.9 Å². The molecular formula is C23H37IN6O. The highest BCUT2D eigenvalue weighted by Crippen LogP contribution is 2.24. The molecule has 2 N–H and O–H groups in total. The number of benzene rings is 1. The van der Waals surface area contributed by atoms with Crippen molar-refractivity contribution in [2.45, 2.75) is 60.2 Å². The zero-order valence-electron chi connectivity index (χ0n) is 19.6. The fraction of sp³-hybridized carbons (Fsp3) is 0.522. The van der Waals surface area contributed by atoms with Crippen LogP contribution in [0.15, 0.2) is 35.8 Å². The maximum atomic E-state index is 6.25. The molecule has 1 aromatic heterocycles. The smallest absolute Gasteiger partial charge is 0.192 e. The summed E-state index contributed by atoms with van der Waals surface area (Å²) in [5, 5.41) is 14.9. The van der Waals surface area contributed by atoms with Gasteiger partial charge in [0.15, 0.2) is 11.8 Å². The first-order valence-electron chi connectivity index (χ1n) is 10.5. The molecule has 8 heteroatoms. The summed E-state index contributed by atoms with van der Waals surface area (Å²) in [6.45, 7) is 16.0. The number of hydrogen-bond acceptors (Lipinski definition) is 4. The van der Waals surface area contributed by atoms with E-state index in [1.165, 1.54) is 5.56 Å².